The summed E-state index contributed by atoms with van der Waals surface area (Å²) in [6.07, 6.45) is 3.41. The number of esters is 2. The number of nitrogens with zero attached hydrogens (tertiary/aromatic N) is 2. The van der Waals surface area contributed by atoms with Crippen LogP contribution in [0.3, 0.4) is 0 Å². The number of hydrogen-bond donors (Lipinski definition) is 0. The van der Waals surface area contributed by atoms with Gasteiger partial charge in [-0.2, -0.15) is 4.31 Å². The first-order valence-electron chi connectivity index (χ1n) is 9.43. The zero-order chi connectivity index (χ0) is 22.3. The average Bonchev–Trinajstić information content (AvgIpc) is 3.02. The number of rotatable bonds is 7. The SMILES string of the molecule is COC(=O)CN(CC(=O)OC)C(=O)c1ccc(Cl)c(S(=O)(=O)N2CCCCCC2)c1. The molecule has 0 spiro atoms. The van der Waals surface area contributed by atoms with Gasteiger partial charge in [0.2, 0.25) is 10.0 Å². The molecule has 0 aromatic heterocycles. The molecule has 11 heteroatoms. The maximum atomic E-state index is 13.1. The lowest BCUT2D eigenvalue weighted by Crippen LogP contribution is -2.40. The normalized spacial score (nSPS) is 15.2. The van der Waals surface area contributed by atoms with Crippen LogP contribution < -0.4 is 0 Å². The fourth-order valence-corrected chi connectivity index (χ4v) is 5.10. The lowest BCUT2D eigenvalue weighted by molar-refractivity contribution is -0.144. The molecule has 1 amide bonds. The number of ether oxygens (including phenoxy) is 2. The first-order valence-corrected chi connectivity index (χ1v) is 11.2. The monoisotopic (exact) mass is 460 g/mol. The number of halogens is 1. The first-order chi connectivity index (χ1) is 14.2. The summed E-state index contributed by atoms with van der Waals surface area (Å²) in [5.41, 5.74) is -0.0272. The van der Waals surface area contributed by atoms with Gasteiger partial charge in [-0.3, -0.25) is 14.4 Å². The molecular weight excluding hydrogens is 436 g/mol. The van der Waals surface area contributed by atoms with Gasteiger partial charge in [0.1, 0.15) is 18.0 Å². The topological polar surface area (TPSA) is 110 Å². The van der Waals surface area contributed by atoms with Crippen molar-refractivity contribution in [2.75, 3.05) is 40.4 Å². The lowest BCUT2D eigenvalue weighted by atomic mass is 10.2. The van der Waals surface area contributed by atoms with E-state index >= 15 is 0 Å². The molecule has 2 rings (SSSR count). The highest BCUT2D eigenvalue weighted by molar-refractivity contribution is 7.89. The third-order valence-corrected chi connectivity index (χ3v) is 7.12. The highest BCUT2D eigenvalue weighted by atomic mass is 35.5. The lowest BCUT2D eigenvalue weighted by Gasteiger charge is -2.22. The van der Waals surface area contributed by atoms with Crippen molar-refractivity contribution < 1.29 is 32.3 Å². The second-order valence-corrected chi connectivity index (χ2v) is 9.09. The van der Waals surface area contributed by atoms with Crippen molar-refractivity contribution >= 4 is 39.5 Å². The minimum Gasteiger partial charge on any atom is -0.468 e. The van der Waals surface area contributed by atoms with Gasteiger partial charge in [-0.05, 0) is 31.0 Å². The molecule has 1 aliphatic rings. The number of hydrogen-bond acceptors (Lipinski definition) is 7. The smallest absolute Gasteiger partial charge is 0.325 e. The van der Waals surface area contributed by atoms with Crippen LogP contribution in [0.4, 0.5) is 0 Å². The van der Waals surface area contributed by atoms with E-state index in [1.54, 1.807) is 0 Å². The standard InChI is InChI=1S/C19H25ClN2O7S/c1-28-17(23)12-21(13-18(24)29-2)19(25)14-7-8-15(20)16(11-14)30(26,27)22-9-5-3-4-6-10-22/h7-8,11H,3-6,9-10,12-13H2,1-2H3. The van der Waals surface area contributed by atoms with Gasteiger partial charge in [0.15, 0.2) is 0 Å². The van der Waals surface area contributed by atoms with E-state index in [9.17, 15) is 22.8 Å². The van der Waals surface area contributed by atoms with E-state index in [1.807, 2.05) is 0 Å². The van der Waals surface area contributed by atoms with E-state index in [0.29, 0.717) is 13.1 Å². The van der Waals surface area contributed by atoms with Crippen molar-refractivity contribution in [3.8, 4) is 0 Å². The quantitative estimate of drug-likeness (QED) is 0.569. The highest BCUT2D eigenvalue weighted by Gasteiger charge is 2.29. The number of benzene rings is 1. The molecule has 1 aromatic rings. The summed E-state index contributed by atoms with van der Waals surface area (Å²) in [6.45, 7) is -0.232. The molecular formula is C19H25ClN2O7S. The Morgan fingerprint density at radius 3 is 2.03 bits per heavy atom. The third kappa shape index (κ3) is 5.93. The van der Waals surface area contributed by atoms with Gasteiger partial charge in [-0.15, -0.1) is 0 Å². The zero-order valence-corrected chi connectivity index (χ0v) is 18.5. The van der Waals surface area contributed by atoms with Crippen molar-refractivity contribution in [1.82, 2.24) is 9.21 Å². The van der Waals surface area contributed by atoms with Crippen molar-refractivity contribution in [2.24, 2.45) is 0 Å². The second kappa shape index (κ2) is 10.7. The summed E-state index contributed by atoms with van der Waals surface area (Å²) in [5.74, 6) is -2.20. The van der Waals surface area contributed by atoms with Crippen LogP contribution in [0.2, 0.25) is 5.02 Å². The predicted octanol–water partition coefficient (Wildman–Crippen LogP) is 1.69. The Morgan fingerprint density at radius 1 is 1.00 bits per heavy atom. The van der Waals surface area contributed by atoms with Crippen molar-refractivity contribution in [3.63, 3.8) is 0 Å². The number of carbonyl (C=O) groups is 3. The average molecular weight is 461 g/mol. The minimum atomic E-state index is -3.91. The highest BCUT2D eigenvalue weighted by Crippen LogP contribution is 2.28. The van der Waals surface area contributed by atoms with Gasteiger partial charge in [-0.25, -0.2) is 8.42 Å². The van der Waals surface area contributed by atoms with E-state index in [0.717, 1.165) is 44.8 Å². The molecule has 1 aliphatic heterocycles. The largest absolute Gasteiger partial charge is 0.468 e. The number of methoxy groups -OCH3 is 2. The van der Waals surface area contributed by atoms with Crippen LogP contribution in [-0.2, 0) is 29.1 Å². The molecule has 1 heterocycles. The van der Waals surface area contributed by atoms with Crippen LogP contribution >= 0.6 is 11.6 Å². The molecule has 30 heavy (non-hydrogen) atoms. The summed E-state index contributed by atoms with van der Waals surface area (Å²) in [4.78, 5) is 37.0. The van der Waals surface area contributed by atoms with Crippen molar-refractivity contribution in [3.05, 3.63) is 28.8 Å². The second-order valence-electron chi connectivity index (χ2n) is 6.78. The van der Waals surface area contributed by atoms with E-state index in [2.05, 4.69) is 9.47 Å². The molecule has 0 atom stereocenters. The Balaban J connectivity index is 2.38. The van der Waals surface area contributed by atoms with E-state index in [-0.39, 0.29) is 15.5 Å². The third-order valence-electron chi connectivity index (χ3n) is 4.74. The van der Waals surface area contributed by atoms with Crippen molar-refractivity contribution in [2.45, 2.75) is 30.6 Å². The summed E-state index contributed by atoms with van der Waals surface area (Å²) >= 11 is 6.16. The first kappa shape index (κ1) is 24.1. The maximum absolute atomic E-state index is 13.1. The van der Waals surface area contributed by atoms with Gasteiger partial charge < -0.3 is 14.4 Å². The molecule has 1 aromatic carbocycles. The van der Waals surface area contributed by atoms with Crippen LogP contribution in [0.5, 0.6) is 0 Å². The van der Waals surface area contributed by atoms with Gasteiger partial charge >= 0.3 is 11.9 Å². The summed E-state index contributed by atoms with van der Waals surface area (Å²) in [7, 11) is -1.61. The van der Waals surface area contributed by atoms with Gasteiger partial charge in [0.05, 0.1) is 19.2 Å². The van der Waals surface area contributed by atoms with Crippen LogP contribution in [-0.4, -0.2) is 75.9 Å². The molecule has 0 unspecified atom stereocenters. The number of sulfonamides is 1. The Hall–Kier alpha value is -2.17. The molecule has 0 N–H and O–H groups in total. The van der Waals surface area contributed by atoms with Crippen LogP contribution in [0.15, 0.2) is 23.1 Å². The fraction of sp³-hybridized carbons (Fsp3) is 0.526. The minimum absolute atomic E-state index is 0.0108. The Kier molecular flexibility index (Phi) is 8.63. The molecule has 166 valence electrons. The molecule has 9 nitrogen and oxygen atoms in total. The summed E-state index contributed by atoms with van der Waals surface area (Å²) in [6, 6.07) is 3.83. The van der Waals surface area contributed by atoms with Gasteiger partial charge in [-0.1, -0.05) is 24.4 Å². The number of carbonyl (C=O) groups excluding carboxylic acids is 3. The fourth-order valence-electron chi connectivity index (χ4n) is 3.08. The van der Waals surface area contributed by atoms with Crippen LogP contribution in [0, 0.1) is 0 Å². The van der Waals surface area contributed by atoms with E-state index in [1.165, 1.54) is 22.5 Å². The van der Waals surface area contributed by atoms with Crippen LogP contribution in [0.1, 0.15) is 36.0 Å². The van der Waals surface area contributed by atoms with E-state index in [4.69, 9.17) is 11.6 Å². The Morgan fingerprint density at radius 2 is 1.53 bits per heavy atom. The molecule has 0 aliphatic carbocycles. The van der Waals surface area contributed by atoms with Gasteiger partial charge in [0.25, 0.3) is 5.91 Å². The molecule has 0 radical (unpaired) electrons. The molecule has 0 bridgehead atoms. The summed E-state index contributed by atoms with van der Waals surface area (Å²) in [5, 5.41) is -0.0108. The maximum Gasteiger partial charge on any atom is 0.325 e. The summed E-state index contributed by atoms with van der Waals surface area (Å²) < 4.78 is 36.7. The van der Waals surface area contributed by atoms with Gasteiger partial charge in [0, 0.05) is 18.7 Å². The Bertz CT molecular complexity index is 878. The number of amides is 1. The predicted molar refractivity (Wildman–Crippen MR) is 109 cm³/mol. The molecule has 0 saturated carbocycles. The van der Waals surface area contributed by atoms with E-state index < -0.39 is 41.0 Å². The van der Waals surface area contributed by atoms with Crippen molar-refractivity contribution in [1.29, 1.82) is 0 Å². The zero-order valence-electron chi connectivity index (χ0n) is 16.9. The van der Waals surface area contributed by atoms with Crippen LogP contribution in [0.25, 0.3) is 0 Å². The molecule has 1 saturated heterocycles. The Labute approximate surface area is 180 Å². The molecule has 1 fully saturated rings.